The zero-order chi connectivity index (χ0) is 12.1. The standard InChI is InChI=1S/C13H12N4/c1-2-15-13-7-12(9-16-17-13)11-5-3-4-10(6-11)8-14/h3-7,9H,2H2,1H3,(H,15,17). The van der Waals surface area contributed by atoms with Gasteiger partial charge in [-0.05, 0) is 30.7 Å². The molecule has 17 heavy (non-hydrogen) atoms. The second-order valence-electron chi connectivity index (χ2n) is 3.55. The van der Waals surface area contributed by atoms with Crippen LogP contribution >= 0.6 is 0 Å². The lowest BCUT2D eigenvalue weighted by atomic mass is 10.1. The van der Waals surface area contributed by atoms with E-state index < -0.39 is 0 Å². The van der Waals surface area contributed by atoms with Crippen LogP contribution in [0.3, 0.4) is 0 Å². The number of nitriles is 1. The summed E-state index contributed by atoms with van der Waals surface area (Å²) in [5.41, 5.74) is 2.57. The molecular weight excluding hydrogens is 212 g/mol. The summed E-state index contributed by atoms with van der Waals surface area (Å²) in [5.74, 6) is 0.743. The monoisotopic (exact) mass is 224 g/mol. The molecule has 0 atom stereocenters. The number of nitrogens with zero attached hydrogens (tertiary/aromatic N) is 3. The van der Waals surface area contributed by atoms with E-state index in [1.165, 1.54) is 0 Å². The number of aromatic nitrogens is 2. The number of benzene rings is 1. The largest absolute Gasteiger partial charge is 0.369 e. The predicted molar refractivity (Wildman–Crippen MR) is 66.3 cm³/mol. The van der Waals surface area contributed by atoms with Crippen molar-refractivity contribution in [3.8, 4) is 17.2 Å². The zero-order valence-corrected chi connectivity index (χ0v) is 9.51. The molecule has 1 N–H and O–H groups in total. The van der Waals surface area contributed by atoms with Crippen molar-refractivity contribution in [2.24, 2.45) is 0 Å². The molecule has 1 aromatic carbocycles. The van der Waals surface area contributed by atoms with E-state index in [4.69, 9.17) is 5.26 Å². The van der Waals surface area contributed by atoms with Crippen LogP contribution in [0, 0.1) is 11.3 Å². The number of nitrogens with one attached hydrogen (secondary N) is 1. The van der Waals surface area contributed by atoms with E-state index in [1.54, 1.807) is 12.3 Å². The smallest absolute Gasteiger partial charge is 0.149 e. The quantitative estimate of drug-likeness (QED) is 0.869. The molecule has 2 aromatic rings. The highest BCUT2D eigenvalue weighted by atomic mass is 15.2. The van der Waals surface area contributed by atoms with Crippen LogP contribution in [0.5, 0.6) is 0 Å². The van der Waals surface area contributed by atoms with Crippen LogP contribution in [-0.2, 0) is 0 Å². The molecule has 0 saturated carbocycles. The second kappa shape index (κ2) is 5.08. The summed E-state index contributed by atoms with van der Waals surface area (Å²) in [6.07, 6.45) is 1.69. The lowest BCUT2D eigenvalue weighted by Crippen LogP contribution is -2.00. The lowest BCUT2D eigenvalue weighted by Gasteiger charge is -2.04. The molecule has 0 unspecified atom stereocenters. The highest BCUT2D eigenvalue weighted by Crippen LogP contribution is 2.20. The number of anilines is 1. The van der Waals surface area contributed by atoms with Crippen LogP contribution < -0.4 is 5.32 Å². The topological polar surface area (TPSA) is 61.6 Å². The fraction of sp³-hybridized carbons (Fsp3) is 0.154. The van der Waals surface area contributed by atoms with Crippen molar-refractivity contribution in [3.63, 3.8) is 0 Å². The highest BCUT2D eigenvalue weighted by molar-refractivity contribution is 5.66. The van der Waals surface area contributed by atoms with Gasteiger partial charge in [-0.15, -0.1) is 5.10 Å². The molecule has 1 heterocycles. The Morgan fingerprint density at radius 1 is 1.29 bits per heavy atom. The lowest BCUT2D eigenvalue weighted by molar-refractivity contribution is 1.01. The molecule has 0 amide bonds. The summed E-state index contributed by atoms with van der Waals surface area (Å²) in [4.78, 5) is 0. The van der Waals surface area contributed by atoms with E-state index in [-0.39, 0.29) is 0 Å². The third-order valence-electron chi connectivity index (χ3n) is 2.34. The van der Waals surface area contributed by atoms with Crippen molar-refractivity contribution in [2.45, 2.75) is 6.92 Å². The summed E-state index contributed by atoms with van der Waals surface area (Å²) in [5, 5.41) is 19.9. The van der Waals surface area contributed by atoms with Gasteiger partial charge < -0.3 is 5.32 Å². The van der Waals surface area contributed by atoms with Gasteiger partial charge in [-0.2, -0.15) is 10.4 Å². The zero-order valence-electron chi connectivity index (χ0n) is 9.51. The first kappa shape index (κ1) is 11.1. The summed E-state index contributed by atoms with van der Waals surface area (Å²) in [6, 6.07) is 11.5. The van der Waals surface area contributed by atoms with Gasteiger partial charge in [0.15, 0.2) is 0 Å². The molecular formula is C13H12N4. The summed E-state index contributed by atoms with van der Waals surface area (Å²) < 4.78 is 0. The van der Waals surface area contributed by atoms with Crippen molar-refractivity contribution in [3.05, 3.63) is 42.1 Å². The third kappa shape index (κ3) is 2.58. The molecule has 0 radical (unpaired) electrons. The normalized spacial score (nSPS) is 9.65. The number of hydrogen-bond acceptors (Lipinski definition) is 4. The van der Waals surface area contributed by atoms with Crippen LogP contribution in [0.2, 0.25) is 0 Å². The van der Waals surface area contributed by atoms with Crippen molar-refractivity contribution >= 4 is 5.82 Å². The van der Waals surface area contributed by atoms with Crippen LogP contribution in [0.25, 0.3) is 11.1 Å². The SMILES string of the molecule is CCNc1cc(-c2cccc(C#N)c2)cnn1. The summed E-state index contributed by atoms with van der Waals surface area (Å²) in [7, 11) is 0. The van der Waals surface area contributed by atoms with Gasteiger partial charge in [-0.1, -0.05) is 12.1 Å². The first-order valence-corrected chi connectivity index (χ1v) is 5.40. The molecule has 2 rings (SSSR count). The summed E-state index contributed by atoms with van der Waals surface area (Å²) in [6.45, 7) is 2.81. The predicted octanol–water partition coefficient (Wildman–Crippen LogP) is 2.45. The van der Waals surface area contributed by atoms with Gasteiger partial charge in [0.2, 0.25) is 0 Å². The maximum Gasteiger partial charge on any atom is 0.149 e. The molecule has 4 nitrogen and oxygen atoms in total. The van der Waals surface area contributed by atoms with Gasteiger partial charge in [-0.25, -0.2) is 0 Å². The molecule has 0 aliphatic carbocycles. The molecule has 0 aliphatic rings. The van der Waals surface area contributed by atoms with Gasteiger partial charge in [-0.3, -0.25) is 0 Å². The van der Waals surface area contributed by atoms with Crippen LogP contribution in [-0.4, -0.2) is 16.7 Å². The van der Waals surface area contributed by atoms with Gasteiger partial charge >= 0.3 is 0 Å². The van der Waals surface area contributed by atoms with Gasteiger partial charge in [0.05, 0.1) is 17.8 Å². The Balaban J connectivity index is 2.39. The van der Waals surface area contributed by atoms with Crippen LogP contribution in [0.15, 0.2) is 36.5 Å². The maximum atomic E-state index is 8.86. The average Bonchev–Trinajstić information content (AvgIpc) is 2.40. The molecule has 84 valence electrons. The van der Waals surface area contributed by atoms with Crippen molar-refractivity contribution in [1.29, 1.82) is 5.26 Å². The second-order valence-corrected chi connectivity index (χ2v) is 3.55. The van der Waals surface area contributed by atoms with Crippen LogP contribution in [0.1, 0.15) is 12.5 Å². The highest BCUT2D eigenvalue weighted by Gasteiger charge is 2.01. The van der Waals surface area contributed by atoms with E-state index in [0.717, 1.165) is 23.5 Å². The van der Waals surface area contributed by atoms with Crippen molar-refractivity contribution in [2.75, 3.05) is 11.9 Å². The summed E-state index contributed by atoms with van der Waals surface area (Å²) >= 11 is 0. The molecule has 0 saturated heterocycles. The minimum atomic E-state index is 0.643. The fourth-order valence-corrected chi connectivity index (χ4v) is 1.56. The Labute approximate surface area is 99.9 Å². The van der Waals surface area contributed by atoms with Gasteiger partial charge in [0, 0.05) is 12.1 Å². The minimum absolute atomic E-state index is 0.643. The number of rotatable bonds is 3. The third-order valence-corrected chi connectivity index (χ3v) is 2.34. The van der Waals surface area contributed by atoms with Gasteiger partial charge in [0.1, 0.15) is 5.82 Å². The van der Waals surface area contributed by atoms with Crippen molar-refractivity contribution < 1.29 is 0 Å². The number of hydrogen-bond donors (Lipinski definition) is 1. The van der Waals surface area contributed by atoms with E-state index in [0.29, 0.717) is 5.56 Å². The van der Waals surface area contributed by atoms with E-state index >= 15 is 0 Å². The Morgan fingerprint density at radius 2 is 2.18 bits per heavy atom. The fourth-order valence-electron chi connectivity index (χ4n) is 1.56. The molecule has 0 aliphatic heterocycles. The van der Waals surface area contributed by atoms with E-state index in [2.05, 4.69) is 21.6 Å². The average molecular weight is 224 g/mol. The van der Waals surface area contributed by atoms with E-state index in [1.807, 2.05) is 31.2 Å². The maximum absolute atomic E-state index is 8.86. The minimum Gasteiger partial charge on any atom is -0.369 e. The molecule has 0 fully saturated rings. The van der Waals surface area contributed by atoms with Gasteiger partial charge in [0.25, 0.3) is 0 Å². The molecule has 1 aromatic heterocycles. The molecule has 0 spiro atoms. The van der Waals surface area contributed by atoms with Crippen LogP contribution in [0.4, 0.5) is 5.82 Å². The Kier molecular flexibility index (Phi) is 3.31. The Bertz CT molecular complexity index is 557. The first-order valence-electron chi connectivity index (χ1n) is 5.40. The molecule has 0 bridgehead atoms. The Morgan fingerprint density at radius 3 is 2.94 bits per heavy atom. The van der Waals surface area contributed by atoms with Crippen molar-refractivity contribution in [1.82, 2.24) is 10.2 Å². The molecule has 4 heteroatoms. The van der Waals surface area contributed by atoms with E-state index in [9.17, 15) is 0 Å². The Hall–Kier alpha value is -2.41. The first-order chi connectivity index (χ1) is 8.33.